The van der Waals surface area contributed by atoms with Gasteiger partial charge >= 0.3 is 0 Å². The van der Waals surface area contributed by atoms with Gasteiger partial charge in [0.05, 0.1) is 30.3 Å². The summed E-state index contributed by atoms with van der Waals surface area (Å²) in [4.78, 5) is 57.1. The Balaban J connectivity index is 1.22. The molecule has 0 spiro atoms. The number of aromatic nitrogens is 6. The molecule has 1 aromatic carbocycles. The summed E-state index contributed by atoms with van der Waals surface area (Å²) in [5.74, 6) is 0.408. The number of carbonyl (C=O) groups excluding carboxylic acids is 1. The summed E-state index contributed by atoms with van der Waals surface area (Å²) in [6, 6.07) is 5.82. The molecule has 1 N–H and O–H groups in total. The van der Waals surface area contributed by atoms with E-state index in [2.05, 4.69) is 20.4 Å². The molecule has 0 saturated carbocycles. The van der Waals surface area contributed by atoms with Crippen LogP contribution in [0.15, 0.2) is 57.7 Å². The number of aryl methyl sites for hydroxylation is 1. The highest BCUT2D eigenvalue weighted by Crippen LogP contribution is 2.31. The van der Waals surface area contributed by atoms with Gasteiger partial charge in [-0.15, -0.1) is 0 Å². The van der Waals surface area contributed by atoms with Crippen molar-refractivity contribution in [3.05, 3.63) is 84.9 Å². The Morgan fingerprint density at radius 1 is 1.24 bits per heavy atom. The van der Waals surface area contributed by atoms with Crippen LogP contribution < -0.4 is 16.4 Å². The lowest BCUT2D eigenvalue weighted by Gasteiger charge is -2.13. The zero-order valence-corrected chi connectivity index (χ0v) is 20.6. The molecule has 14 heteroatoms. The minimum Gasteiger partial charge on any atom is -0.354 e. The fourth-order valence-electron chi connectivity index (χ4n) is 4.20. The molecule has 0 aliphatic carbocycles. The van der Waals surface area contributed by atoms with Crippen LogP contribution >= 0.6 is 11.8 Å². The maximum Gasteiger partial charge on any atom is 0.269 e. The van der Waals surface area contributed by atoms with E-state index in [4.69, 9.17) is 0 Å². The molecule has 1 atom stereocenters. The Bertz CT molecular complexity index is 1640. The lowest BCUT2D eigenvalue weighted by Crippen LogP contribution is -2.33. The molecule has 190 valence electrons. The number of nitro benzene ring substituents is 1. The minimum atomic E-state index is -0.486. The van der Waals surface area contributed by atoms with E-state index in [0.29, 0.717) is 39.6 Å². The van der Waals surface area contributed by atoms with Gasteiger partial charge in [-0.3, -0.25) is 33.6 Å². The van der Waals surface area contributed by atoms with Crippen LogP contribution in [0.25, 0.3) is 11.0 Å². The number of carbonyl (C=O) groups is 1. The van der Waals surface area contributed by atoms with E-state index < -0.39 is 4.92 Å². The Hall–Kier alpha value is -4.33. The summed E-state index contributed by atoms with van der Waals surface area (Å²) < 4.78 is 4.49. The molecule has 0 fully saturated rings. The first-order valence-corrected chi connectivity index (χ1v) is 12.4. The van der Waals surface area contributed by atoms with Crippen molar-refractivity contribution >= 4 is 34.4 Å². The van der Waals surface area contributed by atoms with Crippen molar-refractivity contribution in [2.75, 3.05) is 12.3 Å². The molecule has 3 aromatic heterocycles. The molecule has 5 rings (SSSR count). The van der Waals surface area contributed by atoms with Crippen LogP contribution in [0.5, 0.6) is 0 Å². The van der Waals surface area contributed by atoms with E-state index >= 15 is 0 Å². The van der Waals surface area contributed by atoms with Crippen molar-refractivity contribution < 1.29 is 9.72 Å². The Kier molecular flexibility index (Phi) is 6.56. The second-order valence-corrected chi connectivity index (χ2v) is 9.61. The van der Waals surface area contributed by atoms with E-state index in [1.165, 1.54) is 45.7 Å². The van der Waals surface area contributed by atoms with Gasteiger partial charge in [-0.25, -0.2) is 14.6 Å². The maximum absolute atomic E-state index is 12.9. The summed E-state index contributed by atoms with van der Waals surface area (Å²) in [6.07, 6.45) is 4.51. The van der Waals surface area contributed by atoms with Crippen molar-refractivity contribution in [2.24, 2.45) is 0 Å². The summed E-state index contributed by atoms with van der Waals surface area (Å²) in [5, 5.41) is 19.0. The quantitative estimate of drug-likeness (QED) is 0.204. The van der Waals surface area contributed by atoms with Crippen LogP contribution in [-0.2, 0) is 17.9 Å². The smallest absolute Gasteiger partial charge is 0.269 e. The van der Waals surface area contributed by atoms with Gasteiger partial charge in [0.25, 0.3) is 16.8 Å². The van der Waals surface area contributed by atoms with E-state index in [-0.39, 0.29) is 48.3 Å². The third kappa shape index (κ3) is 4.87. The van der Waals surface area contributed by atoms with Gasteiger partial charge in [-0.2, -0.15) is 5.10 Å². The Morgan fingerprint density at radius 3 is 2.89 bits per heavy atom. The van der Waals surface area contributed by atoms with Crippen molar-refractivity contribution in [3.63, 3.8) is 0 Å². The van der Waals surface area contributed by atoms with Gasteiger partial charge < -0.3 is 5.32 Å². The zero-order chi connectivity index (χ0) is 26.1. The molecule has 4 heterocycles. The number of rotatable bonds is 8. The van der Waals surface area contributed by atoms with Crippen LogP contribution in [-0.4, -0.2) is 52.0 Å². The van der Waals surface area contributed by atoms with Gasteiger partial charge in [0.15, 0.2) is 10.8 Å². The number of thioether (sulfide) groups is 1. The monoisotopic (exact) mass is 522 g/mol. The average molecular weight is 523 g/mol. The number of nitrogens with one attached hydrogen (secondary N) is 1. The highest BCUT2D eigenvalue weighted by Gasteiger charge is 2.27. The second-order valence-electron chi connectivity index (χ2n) is 8.63. The second kappa shape index (κ2) is 9.97. The van der Waals surface area contributed by atoms with E-state index in [1.807, 2.05) is 0 Å². The van der Waals surface area contributed by atoms with Gasteiger partial charge in [-0.05, 0) is 12.5 Å². The normalized spacial score (nSPS) is 14.6. The number of hydrogen-bond donors (Lipinski definition) is 1. The summed E-state index contributed by atoms with van der Waals surface area (Å²) in [6.45, 7) is 2.40. The number of nitro groups is 1. The SMILES string of the molecule is Cc1cnc2n(c1=O)C(CC(=O)NCCn1ncc3c(=O)n(Cc4cccc([N+](=O)[O-])c4)cnc31)CS2. The first kappa shape index (κ1) is 24.4. The number of amides is 1. The third-order valence-electron chi connectivity index (χ3n) is 6.06. The number of benzene rings is 1. The molecule has 1 aliphatic heterocycles. The van der Waals surface area contributed by atoms with Crippen LogP contribution in [0.4, 0.5) is 5.69 Å². The van der Waals surface area contributed by atoms with E-state index in [1.54, 1.807) is 29.8 Å². The Labute approximate surface area is 213 Å². The fourth-order valence-corrected chi connectivity index (χ4v) is 5.30. The number of nitrogens with zero attached hydrogens (tertiary/aromatic N) is 7. The lowest BCUT2D eigenvalue weighted by atomic mass is 10.2. The van der Waals surface area contributed by atoms with E-state index in [9.17, 15) is 24.5 Å². The minimum absolute atomic E-state index is 0.0517. The molecular weight excluding hydrogens is 500 g/mol. The number of hydrogen-bond acceptors (Lipinski definition) is 9. The molecule has 0 saturated heterocycles. The molecule has 13 nitrogen and oxygen atoms in total. The van der Waals surface area contributed by atoms with Crippen molar-refractivity contribution in [2.45, 2.75) is 37.6 Å². The van der Waals surface area contributed by atoms with Gasteiger partial charge in [-0.1, -0.05) is 23.9 Å². The van der Waals surface area contributed by atoms with Crippen molar-refractivity contribution in [1.29, 1.82) is 0 Å². The van der Waals surface area contributed by atoms with Crippen molar-refractivity contribution in [1.82, 2.24) is 34.2 Å². The summed E-state index contributed by atoms with van der Waals surface area (Å²) in [5.41, 5.74) is 1.02. The largest absolute Gasteiger partial charge is 0.354 e. The standard InChI is InChI=1S/C23H22N8O5S/c1-14-9-25-23-30(21(14)33)17(12-37-23)8-19(32)24-5-6-29-20-18(10-27-29)22(34)28(13-26-20)11-15-3-2-4-16(7-15)31(35)36/h2-4,7,9-10,13,17H,5-6,8,11-12H2,1H3,(H,24,32). The van der Waals surface area contributed by atoms with Crippen LogP contribution in [0.3, 0.4) is 0 Å². The molecule has 4 aromatic rings. The van der Waals surface area contributed by atoms with E-state index in [0.717, 1.165) is 0 Å². The first-order chi connectivity index (χ1) is 17.8. The topological polar surface area (TPSA) is 160 Å². The van der Waals surface area contributed by atoms with Gasteiger partial charge in [0, 0.05) is 42.6 Å². The Morgan fingerprint density at radius 2 is 2.08 bits per heavy atom. The molecule has 0 bridgehead atoms. The average Bonchev–Trinajstić information content (AvgIpc) is 3.48. The molecule has 0 radical (unpaired) electrons. The predicted molar refractivity (Wildman–Crippen MR) is 135 cm³/mol. The zero-order valence-electron chi connectivity index (χ0n) is 19.7. The number of fused-ring (bicyclic) bond motifs is 2. The molecular formula is C23H22N8O5S. The van der Waals surface area contributed by atoms with Crippen LogP contribution in [0, 0.1) is 17.0 Å². The molecule has 37 heavy (non-hydrogen) atoms. The molecule has 1 amide bonds. The van der Waals surface area contributed by atoms with Gasteiger partial charge in [0.1, 0.15) is 11.7 Å². The van der Waals surface area contributed by atoms with Crippen LogP contribution in [0.1, 0.15) is 23.6 Å². The summed E-state index contributed by atoms with van der Waals surface area (Å²) >= 11 is 1.46. The predicted octanol–water partition coefficient (Wildman–Crippen LogP) is 1.27. The molecule has 1 unspecified atom stereocenters. The summed E-state index contributed by atoms with van der Waals surface area (Å²) in [7, 11) is 0. The fraction of sp³-hybridized carbons (Fsp3) is 0.304. The lowest BCUT2D eigenvalue weighted by molar-refractivity contribution is -0.384. The van der Waals surface area contributed by atoms with Crippen LogP contribution in [0.2, 0.25) is 0 Å². The highest BCUT2D eigenvalue weighted by molar-refractivity contribution is 7.99. The highest BCUT2D eigenvalue weighted by atomic mass is 32.2. The first-order valence-electron chi connectivity index (χ1n) is 11.4. The molecule has 1 aliphatic rings. The maximum atomic E-state index is 12.9. The number of non-ortho nitro benzene ring substituents is 1. The third-order valence-corrected chi connectivity index (χ3v) is 7.18. The van der Waals surface area contributed by atoms with Gasteiger partial charge in [0.2, 0.25) is 5.91 Å². The van der Waals surface area contributed by atoms with Crippen molar-refractivity contribution in [3.8, 4) is 0 Å².